The number of benzene rings is 1. The Kier molecular flexibility index (Phi) is 3.99. The van der Waals surface area contributed by atoms with Crippen LogP contribution in [0.15, 0.2) is 29.2 Å². The lowest BCUT2D eigenvalue weighted by molar-refractivity contribution is 0.278. The van der Waals surface area contributed by atoms with Crippen LogP contribution in [-0.2, 0) is 10.0 Å². The lowest BCUT2D eigenvalue weighted by atomic mass is 9.99. The van der Waals surface area contributed by atoms with Gasteiger partial charge in [0, 0.05) is 13.1 Å². The summed E-state index contributed by atoms with van der Waals surface area (Å²) < 4.78 is 39.4. The van der Waals surface area contributed by atoms with Crippen LogP contribution in [0.25, 0.3) is 0 Å². The molecule has 0 bridgehead atoms. The Labute approximate surface area is 107 Å². The molecule has 4 nitrogen and oxygen atoms in total. The minimum atomic E-state index is -3.71. The molecule has 0 saturated carbocycles. The van der Waals surface area contributed by atoms with E-state index in [2.05, 4.69) is 0 Å². The highest BCUT2D eigenvalue weighted by Crippen LogP contribution is 2.24. The predicted octanol–water partition coefficient (Wildman–Crippen LogP) is 1.19. The quantitative estimate of drug-likeness (QED) is 0.899. The van der Waals surface area contributed by atoms with Gasteiger partial charge in [-0.3, -0.25) is 0 Å². The van der Waals surface area contributed by atoms with Crippen molar-refractivity contribution in [1.82, 2.24) is 4.31 Å². The summed E-state index contributed by atoms with van der Waals surface area (Å²) >= 11 is 0. The first-order valence-corrected chi connectivity index (χ1v) is 7.44. The summed E-state index contributed by atoms with van der Waals surface area (Å²) in [7, 11) is -3.71. The van der Waals surface area contributed by atoms with Crippen molar-refractivity contribution in [2.45, 2.75) is 17.7 Å². The molecule has 0 spiro atoms. The fourth-order valence-electron chi connectivity index (χ4n) is 2.18. The summed E-state index contributed by atoms with van der Waals surface area (Å²) in [6.07, 6.45) is 1.48. The zero-order valence-corrected chi connectivity index (χ0v) is 10.9. The van der Waals surface area contributed by atoms with Gasteiger partial charge in [0.05, 0.1) is 0 Å². The molecular formula is C12H17FN2O2S. The van der Waals surface area contributed by atoms with Crippen molar-refractivity contribution >= 4 is 10.0 Å². The number of nitrogens with zero attached hydrogens (tertiary/aromatic N) is 1. The van der Waals surface area contributed by atoms with E-state index >= 15 is 0 Å². The number of hydrogen-bond acceptors (Lipinski definition) is 3. The van der Waals surface area contributed by atoms with E-state index in [4.69, 9.17) is 5.73 Å². The van der Waals surface area contributed by atoms with Crippen LogP contribution in [0.3, 0.4) is 0 Å². The monoisotopic (exact) mass is 272 g/mol. The highest BCUT2D eigenvalue weighted by atomic mass is 32.2. The largest absolute Gasteiger partial charge is 0.330 e. The van der Waals surface area contributed by atoms with E-state index in [1.807, 2.05) is 0 Å². The second kappa shape index (κ2) is 5.34. The molecule has 2 N–H and O–H groups in total. The summed E-state index contributed by atoms with van der Waals surface area (Å²) in [5.41, 5.74) is 5.57. The fourth-order valence-corrected chi connectivity index (χ4v) is 3.71. The third-order valence-electron chi connectivity index (χ3n) is 3.36. The van der Waals surface area contributed by atoms with Crippen LogP contribution in [0, 0.1) is 11.7 Å². The average Bonchev–Trinajstić information content (AvgIpc) is 2.39. The third kappa shape index (κ3) is 2.55. The van der Waals surface area contributed by atoms with Crippen LogP contribution < -0.4 is 5.73 Å². The molecule has 1 heterocycles. The van der Waals surface area contributed by atoms with Gasteiger partial charge in [-0.25, -0.2) is 12.8 Å². The highest BCUT2D eigenvalue weighted by molar-refractivity contribution is 7.89. The molecular weight excluding hydrogens is 255 g/mol. The molecule has 1 saturated heterocycles. The Hall–Kier alpha value is -0.980. The van der Waals surface area contributed by atoms with Gasteiger partial charge in [0.1, 0.15) is 10.7 Å². The van der Waals surface area contributed by atoms with Gasteiger partial charge in [0.25, 0.3) is 0 Å². The minimum Gasteiger partial charge on any atom is -0.330 e. The van der Waals surface area contributed by atoms with E-state index in [0.29, 0.717) is 25.6 Å². The number of halogens is 1. The summed E-state index contributed by atoms with van der Waals surface area (Å²) in [5, 5.41) is 0. The van der Waals surface area contributed by atoms with Gasteiger partial charge >= 0.3 is 0 Å². The van der Waals surface area contributed by atoms with E-state index in [-0.39, 0.29) is 4.90 Å². The maximum atomic E-state index is 13.6. The maximum Gasteiger partial charge on any atom is 0.245 e. The summed E-state index contributed by atoms with van der Waals surface area (Å²) in [4.78, 5) is -0.240. The fraction of sp³-hybridized carbons (Fsp3) is 0.500. The van der Waals surface area contributed by atoms with E-state index in [1.54, 1.807) is 0 Å². The van der Waals surface area contributed by atoms with Crippen LogP contribution in [0.4, 0.5) is 4.39 Å². The van der Waals surface area contributed by atoms with Gasteiger partial charge in [0.2, 0.25) is 10.0 Å². The van der Waals surface area contributed by atoms with Crippen LogP contribution in [-0.4, -0.2) is 32.4 Å². The molecule has 6 heteroatoms. The number of nitrogens with two attached hydrogens (primary N) is 1. The van der Waals surface area contributed by atoms with E-state index in [1.165, 1.54) is 28.6 Å². The first-order chi connectivity index (χ1) is 8.55. The Bertz CT molecular complexity index is 511. The van der Waals surface area contributed by atoms with Crippen LogP contribution in [0.1, 0.15) is 12.8 Å². The molecule has 1 aromatic rings. The lowest BCUT2D eigenvalue weighted by Gasteiger charge is -2.30. The lowest BCUT2D eigenvalue weighted by Crippen LogP contribution is -2.40. The van der Waals surface area contributed by atoms with Crippen LogP contribution >= 0.6 is 0 Å². The topological polar surface area (TPSA) is 63.4 Å². The van der Waals surface area contributed by atoms with Crippen molar-refractivity contribution in [3.05, 3.63) is 30.1 Å². The second-order valence-electron chi connectivity index (χ2n) is 4.51. The Morgan fingerprint density at radius 1 is 1.28 bits per heavy atom. The van der Waals surface area contributed by atoms with Crippen molar-refractivity contribution in [2.75, 3.05) is 19.6 Å². The minimum absolute atomic E-state index is 0.240. The zero-order chi connectivity index (χ0) is 13.2. The van der Waals surface area contributed by atoms with Crippen molar-refractivity contribution in [3.8, 4) is 0 Å². The molecule has 0 amide bonds. The molecule has 2 rings (SSSR count). The first-order valence-electron chi connectivity index (χ1n) is 6.00. The van der Waals surface area contributed by atoms with Crippen molar-refractivity contribution < 1.29 is 12.8 Å². The predicted molar refractivity (Wildman–Crippen MR) is 66.9 cm³/mol. The molecule has 18 heavy (non-hydrogen) atoms. The average molecular weight is 272 g/mol. The third-order valence-corrected chi connectivity index (χ3v) is 5.29. The molecule has 0 atom stereocenters. The number of rotatable bonds is 3. The van der Waals surface area contributed by atoms with E-state index < -0.39 is 15.8 Å². The number of piperidine rings is 1. The van der Waals surface area contributed by atoms with Gasteiger partial charge in [-0.2, -0.15) is 4.31 Å². The molecule has 1 aliphatic rings. The standard InChI is InChI=1S/C12H17FN2O2S/c13-11-3-1-2-4-12(11)18(16,17)15-7-5-10(9-14)6-8-15/h1-4,10H,5-9,14H2. The molecule has 0 aliphatic carbocycles. The van der Waals surface area contributed by atoms with Crippen molar-refractivity contribution in [1.29, 1.82) is 0 Å². The van der Waals surface area contributed by atoms with Gasteiger partial charge in [-0.05, 0) is 37.4 Å². The normalized spacial score (nSPS) is 19.0. The molecule has 0 unspecified atom stereocenters. The second-order valence-corrected chi connectivity index (χ2v) is 6.42. The summed E-state index contributed by atoms with van der Waals surface area (Å²) in [5.74, 6) is -0.324. The Morgan fingerprint density at radius 2 is 1.89 bits per heavy atom. The molecule has 0 aromatic heterocycles. The molecule has 100 valence electrons. The first kappa shape index (κ1) is 13.5. The molecule has 1 aromatic carbocycles. The summed E-state index contributed by atoms with van der Waals surface area (Å²) in [6, 6.07) is 5.48. The number of hydrogen-bond donors (Lipinski definition) is 1. The highest BCUT2D eigenvalue weighted by Gasteiger charge is 2.30. The zero-order valence-electron chi connectivity index (χ0n) is 10.0. The molecule has 1 aliphatic heterocycles. The Balaban J connectivity index is 2.20. The van der Waals surface area contributed by atoms with Crippen molar-refractivity contribution in [3.63, 3.8) is 0 Å². The van der Waals surface area contributed by atoms with Gasteiger partial charge in [-0.15, -0.1) is 0 Å². The van der Waals surface area contributed by atoms with Crippen molar-refractivity contribution in [2.24, 2.45) is 11.7 Å². The Morgan fingerprint density at radius 3 is 2.44 bits per heavy atom. The molecule has 0 radical (unpaired) electrons. The smallest absolute Gasteiger partial charge is 0.245 e. The summed E-state index contributed by atoms with van der Waals surface area (Å²) in [6.45, 7) is 1.41. The van der Waals surface area contributed by atoms with Crippen LogP contribution in [0.5, 0.6) is 0 Å². The SMILES string of the molecule is NCC1CCN(S(=O)(=O)c2ccccc2F)CC1. The van der Waals surface area contributed by atoms with Gasteiger partial charge < -0.3 is 5.73 Å². The van der Waals surface area contributed by atoms with E-state index in [9.17, 15) is 12.8 Å². The van der Waals surface area contributed by atoms with Gasteiger partial charge in [0.15, 0.2) is 0 Å². The van der Waals surface area contributed by atoms with Gasteiger partial charge in [-0.1, -0.05) is 12.1 Å². The van der Waals surface area contributed by atoms with E-state index in [0.717, 1.165) is 12.8 Å². The van der Waals surface area contributed by atoms with Crippen LogP contribution in [0.2, 0.25) is 0 Å². The molecule has 1 fully saturated rings. The maximum absolute atomic E-state index is 13.6. The number of sulfonamides is 1.